The van der Waals surface area contributed by atoms with E-state index in [2.05, 4.69) is 0 Å². The van der Waals surface area contributed by atoms with Gasteiger partial charge in [-0.05, 0) is 12.5 Å². The van der Waals surface area contributed by atoms with Crippen LogP contribution in [0.4, 0.5) is 0 Å². The van der Waals surface area contributed by atoms with Gasteiger partial charge in [0.25, 0.3) is 0 Å². The molecule has 1 aromatic rings. The van der Waals surface area contributed by atoms with Crippen molar-refractivity contribution in [2.75, 3.05) is 0 Å². The molecule has 2 unspecified atom stereocenters. The Labute approximate surface area is 103 Å². The zero-order valence-corrected chi connectivity index (χ0v) is 9.71. The van der Waals surface area contributed by atoms with Gasteiger partial charge in [0.05, 0.1) is 0 Å². The van der Waals surface area contributed by atoms with E-state index in [0.717, 1.165) is 5.57 Å². The third kappa shape index (κ3) is 1.59. The van der Waals surface area contributed by atoms with E-state index in [-0.39, 0.29) is 23.6 Å². The van der Waals surface area contributed by atoms with Crippen LogP contribution in [0.2, 0.25) is 0 Å². The van der Waals surface area contributed by atoms with Crippen LogP contribution >= 0.6 is 0 Å². The molecular formula is C13H12O5. The molecule has 0 radical (unpaired) electrons. The van der Waals surface area contributed by atoms with Crippen molar-refractivity contribution in [2.24, 2.45) is 0 Å². The topological polar surface area (TPSA) is 76.0 Å². The average Bonchev–Trinajstić information content (AvgIpc) is 2.27. The zero-order chi connectivity index (χ0) is 12.9. The first-order valence-electron chi connectivity index (χ1n) is 5.65. The number of carbonyl (C=O) groups excluding carboxylic acids is 1. The Kier molecular flexibility index (Phi) is 2.23. The Morgan fingerprint density at radius 3 is 2.83 bits per heavy atom. The van der Waals surface area contributed by atoms with Crippen LogP contribution in [-0.4, -0.2) is 28.4 Å². The maximum Gasteiger partial charge on any atom is 0.331 e. The monoisotopic (exact) mass is 248 g/mol. The minimum absolute atomic E-state index is 0.0493. The van der Waals surface area contributed by atoms with Crippen molar-refractivity contribution in [2.45, 2.75) is 25.6 Å². The van der Waals surface area contributed by atoms with E-state index in [1.807, 2.05) is 0 Å². The number of hydrogen-bond acceptors (Lipinski definition) is 5. The second kappa shape index (κ2) is 3.66. The van der Waals surface area contributed by atoms with Crippen molar-refractivity contribution >= 4 is 5.97 Å². The van der Waals surface area contributed by atoms with Crippen molar-refractivity contribution in [1.82, 2.24) is 0 Å². The number of aromatic hydroxyl groups is 2. The van der Waals surface area contributed by atoms with Gasteiger partial charge in [-0.3, -0.25) is 0 Å². The summed E-state index contributed by atoms with van der Waals surface area (Å²) in [6.45, 7) is 1.80. The van der Waals surface area contributed by atoms with Crippen molar-refractivity contribution in [3.8, 4) is 17.2 Å². The largest absolute Gasteiger partial charge is 0.508 e. The summed E-state index contributed by atoms with van der Waals surface area (Å²) in [5.41, 5.74) is 1.33. The lowest BCUT2D eigenvalue weighted by Gasteiger charge is -2.36. The lowest BCUT2D eigenvalue weighted by atomic mass is 9.93. The maximum absolute atomic E-state index is 11.3. The molecule has 0 amide bonds. The first-order valence-corrected chi connectivity index (χ1v) is 5.65. The molecule has 0 spiro atoms. The molecule has 2 aliphatic heterocycles. The van der Waals surface area contributed by atoms with E-state index in [0.29, 0.717) is 17.7 Å². The summed E-state index contributed by atoms with van der Waals surface area (Å²) in [4.78, 5) is 11.3. The van der Waals surface area contributed by atoms with E-state index >= 15 is 0 Å². The predicted molar refractivity (Wildman–Crippen MR) is 61.5 cm³/mol. The molecule has 1 aromatic carbocycles. The molecule has 94 valence electrons. The Bertz CT molecular complexity index is 561. The predicted octanol–water partition coefficient (Wildman–Crippen LogP) is 1.27. The van der Waals surface area contributed by atoms with Gasteiger partial charge in [-0.2, -0.15) is 0 Å². The first kappa shape index (κ1) is 11.0. The molecule has 0 aliphatic carbocycles. The number of hydrogen-bond donors (Lipinski definition) is 2. The molecule has 0 saturated carbocycles. The third-order valence-electron chi connectivity index (χ3n) is 3.23. The van der Waals surface area contributed by atoms with Gasteiger partial charge >= 0.3 is 5.97 Å². The van der Waals surface area contributed by atoms with Gasteiger partial charge in [0.2, 0.25) is 0 Å². The van der Waals surface area contributed by atoms with E-state index in [1.165, 1.54) is 18.2 Å². The highest BCUT2D eigenvalue weighted by atomic mass is 16.6. The van der Waals surface area contributed by atoms with Crippen LogP contribution in [0.5, 0.6) is 17.2 Å². The standard InChI is InChI=1S/C13H12O5/c1-6-2-12(16)17-11-5-8-9(15)3-7(14)4-10(8)18-13(6)11/h2-4,11,13-15H,5H2,1H3. The summed E-state index contributed by atoms with van der Waals surface area (Å²) in [6.07, 6.45) is 1.000. The van der Waals surface area contributed by atoms with Gasteiger partial charge in [0.15, 0.2) is 6.10 Å². The second-order valence-corrected chi connectivity index (χ2v) is 4.55. The molecule has 0 saturated heterocycles. The molecule has 0 aromatic heterocycles. The summed E-state index contributed by atoms with van der Waals surface area (Å²) < 4.78 is 10.9. The Morgan fingerprint density at radius 1 is 1.28 bits per heavy atom. The number of ether oxygens (including phenoxy) is 2. The van der Waals surface area contributed by atoms with E-state index in [4.69, 9.17) is 9.47 Å². The summed E-state index contributed by atoms with van der Waals surface area (Å²) in [5, 5.41) is 19.2. The molecule has 2 atom stereocenters. The highest BCUT2D eigenvalue weighted by Crippen LogP contribution is 2.40. The molecule has 5 nitrogen and oxygen atoms in total. The summed E-state index contributed by atoms with van der Waals surface area (Å²) in [7, 11) is 0. The van der Waals surface area contributed by atoms with Crippen molar-refractivity contribution in [3.05, 3.63) is 29.3 Å². The molecule has 0 bridgehead atoms. The Balaban J connectivity index is 2.04. The van der Waals surface area contributed by atoms with Gasteiger partial charge in [0.1, 0.15) is 23.4 Å². The van der Waals surface area contributed by atoms with Crippen molar-refractivity contribution < 1.29 is 24.5 Å². The van der Waals surface area contributed by atoms with Crippen molar-refractivity contribution in [3.63, 3.8) is 0 Å². The van der Waals surface area contributed by atoms with Gasteiger partial charge in [-0.15, -0.1) is 0 Å². The van der Waals surface area contributed by atoms with E-state index in [1.54, 1.807) is 6.92 Å². The van der Waals surface area contributed by atoms with Crippen molar-refractivity contribution in [1.29, 1.82) is 0 Å². The highest BCUT2D eigenvalue weighted by Gasteiger charge is 2.38. The van der Waals surface area contributed by atoms with Crippen LogP contribution < -0.4 is 4.74 Å². The summed E-state index contributed by atoms with van der Waals surface area (Å²) in [5.74, 6) is -0.0654. The number of rotatable bonds is 0. The quantitative estimate of drug-likeness (QED) is 0.676. The van der Waals surface area contributed by atoms with Gasteiger partial charge in [-0.25, -0.2) is 4.79 Å². The molecule has 2 heterocycles. The highest BCUT2D eigenvalue weighted by molar-refractivity contribution is 5.84. The average molecular weight is 248 g/mol. The molecule has 3 rings (SSSR count). The van der Waals surface area contributed by atoms with E-state index in [9.17, 15) is 15.0 Å². The van der Waals surface area contributed by atoms with E-state index < -0.39 is 6.10 Å². The number of carbonyl (C=O) groups is 1. The SMILES string of the molecule is CC1=CC(=O)OC2Cc3c(O)cc(O)cc3OC12. The molecule has 2 N–H and O–H groups in total. The summed E-state index contributed by atoms with van der Waals surface area (Å²) in [6, 6.07) is 2.70. The van der Waals surface area contributed by atoms with Crippen LogP contribution in [0.15, 0.2) is 23.8 Å². The fourth-order valence-electron chi connectivity index (χ4n) is 2.39. The Hall–Kier alpha value is -2.17. The third-order valence-corrected chi connectivity index (χ3v) is 3.23. The molecule has 0 fully saturated rings. The van der Waals surface area contributed by atoms with Crippen LogP contribution in [0.3, 0.4) is 0 Å². The number of fused-ring (bicyclic) bond motifs is 2. The minimum atomic E-state index is -0.426. The molecule has 18 heavy (non-hydrogen) atoms. The fourth-order valence-corrected chi connectivity index (χ4v) is 2.39. The first-order chi connectivity index (χ1) is 8.54. The molecule has 5 heteroatoms. The van der Waals surface area contributed by atoms with Gasteiger partial charge < -0.3 is 19.7 Å². The van der Waals surface area contributed by atoms with Crippen LogP contribution in [0, 0.1) is 0 Å². The van der Waals surface area contributed by atoms with Crippen LogP contribution in [-0.2, 0) is 16.0 Å². The molecule has 2 aliphatic rings. The van der Waals surface area contributed by atoms with Crippen LogP contribution in [0.1, 0.15) is 12.5 Å². The fraction of sp³-hybridized carbons (Fsp3) is 0.308. The smallest absolute Gasteiger partial charge is 0.331 e. The van der Waals surface area contributed by atoms with Gasteiger partial charge in [-0.1, -0.05) is 0 Å². The second-order valence-electron chi connectivity index (χ2n) is 4.55. The number of benzene rings is 1. The number of phenols is 2. The zero-order valence-electron chi connectivity index (χ0n) is 9.71. The Morgan fingerprint density at radius 2 is 2.06 bits per heavy atom. The van der Waals surface area contributed by atoms with Crippen LogP contribution in [0.25, 0.3) is 0 Å². The normalized spacial score (nSPS) is 25.4. The minimum Gasteiger partial charge on any atom is -0.508 e. The lowest BCUT2D eigenvalue weighted by Crippen LogP contribution is -2.44. The number of esters is 1. The summed E-state index contributed by atoms with van der Waals surface area (Å²) >= 11 is 0. The molecular weight excluding hydrogens is 236 g/mol. The number of phenolic OH excluding ortho intramolecular Hbond substituents is 2. The lowest BCUT2D eigenvalue weighted by molar-refractivity contribution is -0.150. The van der Waals surface area contributed by atoms with Gasteiger partial charge in [0, 0.05) is 30.2 Å². The maximum atomic E-state index is 11.3.